The lowest BCUT2D eigenvalue weighted by Gasteiger charge is -2.43. The van der Waals surface area contributed by atoms with E-state index in [1.165, 1.54) is 41.3 Å². The second-order valence-electron chi connectivity index (χ2n) is 11.6. The number of piperidine rings is 1. The van der Waals surface area contributed by atoms with E-state index in [9.17, 15) is 0 Å². The van der Waals surface area contributed by atoms with Crippen LogP contribution in [0.3, 0.4) is 0 Å². The van der Waals surface area contributed by atoms with Crippen LogP contribution in [0.1, 0.15) is 64.1 Å². The zero-order valence-corrected chi connectivity index (χ0v) is 23.2. The number of para-hydroxylation sites is 1. The standard InChI is InChI=1S/C30H42N2OSi/c1-22-20-25-17-13-18-26(29(25)31-28(22)24-15-9-8-10-16-24)27(32-19-12-11-14-23(32)2)21-33-34(6,7)30(3,4)5/h8-10,13,15-18,20,23,27H,11-12,14,19,21H2,1-7H3. The predicted octanol–water partition coefficient (Wildman–Crippen LogP) is 8.15. The van der Waals surface area contributed by atoms with Crippen LogP contribution in [0.25, 0.3) is 22.2 Å². The third kappa shape index (κ3) is 5.14. The van der Waals surface area contributed by atoms with Crippen molar-refractivity contribution in [3.8, 4) is 11.3 Å². The molecule has 3 nitrogen and oxygen atoms in total. The van der Waals surface area contributed by atoms with Crippen molar-refractivity contribution in [1.82, 2.24) is 9.88 Å². The van der Waals surface area contributed by atoms with Gasteiger partial charge in [0.05, 0.1) is 23.9 Å². The monoisotopic (exact) mass is 474 g/mol. The van der Waals surface area contributed by atoms with Crippen molar-refractivity contribution in [2.24, 2.45) is 0 Å². The molecule has 2 aromatic carbocycles. The van der Waals surface area contributed by atoms with Crippen LogP contribution >= 0.6 is 0 Å². The summed E-state index contributed by atoms with van der Waals surface area (Å²) in [6.07, 6.45) is 3.83. The number of hydrogen-bond donors (Lipinski definition) is 0. The zero-order valence-electron chi connectivity index (χ0n) is 22.2. The second-order valence-corrected chi connectivity index (χ2v) is 16.4. The smallest absolute Gasteiger partial charge is 0.192 e. The zero-order chi connectivity index (χ0) is 24.5. The molecule has 3 aromatic rings. The molecule has 0 spiro atoms. The normalized spacial score (nSPS) is 18.9. The number of rotatable bonds is 6. The van der Waals surface area contributed by atoms with Gasteiger partial charge in [0.25, 0.3) is 0 Å². The summed E-state index contributed by atoms with van der Waals surface area (Å²) < 4.78 is 6.87. The Bertz CT molecular complexity index is 1120. The molecule has 1 aliphatic heterocycles. The van der Waals surface area contributed by atoms with Crippen molar-refractivity contribution in [2.75, 3.05) is 13.2 Å². The van der Waals surface area contributed by atoms with Crippen molar-refractivity contribution in [3.05, 3.63) is 65.7 Å². The summed E-state index contributed by atoms with van der Waals surface area (Å²) >= 11 is 0. The Labute approximate surface area is 207 Å². The van der Waals surface area contributed by atoms with Crippen LogP contribution in [0, 0.1) is 6.92 Å². The fourth-order valence-electron chi connectivity index (χ4n) is 4.94. The lowest BCUT2D eigenvalue weighted by Crippen LogP contribution is -2.46. The summed E-state index contributed by atoms with van der Waals surface area (Å²) in [6, 6.07) is 20.4. The van der Waals surface area contributed by atoms with Crippen molar-refractivity contribution in [3.63, 3.8) is 0 Å². The number of hydrogen-bond acceptors (Lipinski definition) is 3. The molecular formula is C30H42N2OSi. The maximum atomic E-state index is 6.87. The topological polar surface area (TPSA) is 25.4 Å². The van der Waals surface area contributed by atoms with E-state index in [0.29, 0.717) is 6.04 Å². The summed E-state index contributed by atoms with van der Waals surface area (Å²) in [5.41, 5.74) is 5.90. The van der Waals surface area contributed by atoms with Gasteiger partial charge in [-0.1, -0.05) is 75.7 Å². The fourth-order valence-corrected chi connectivity index (χ4v) is 5.94. The number of aryl methyl sites for hydroxylation is 1. The Hall–Kier alpha value is -2.01. The van der Waals surface area contributed by atoms with Gasteiger partial charge in [-0.2, -0.15) is 0 Å². The highest BCUT2D eigenvalue weighted by Gasteiger charge is 2.39. The first-order valence-corrected chi connectivity index (χ1v) is 15.8. The molecule has 0 bridgehead atoms. The third-order valence-corrected chi connectivity index (χ3v) is 12.6. The molecule has 1 fully saturated rings. The van der Waals surface area contributed by atoms with Gasteiger partial charge < -0.3 is 4.43 Å². The van der Waals surface area contributed by atoms with Crippen LogP contribution in [-0.2, 0) is 4.43 Å². The summed E-state index contributed by atoms with van der Waals surface area (Å²) in [6.45, 7) is 18.1. The van der Waals surface area contributed by atoms with Gasteiger partial charge in [0.15, 0.2) is 8.32 Å². The lowest BCUT2D eigenvalue weighted by molar-refractivity contribution is 0.0681. The Morgan fingerprint density at radius 1 is 1.06 bits per heavy atom. The second kappa shape index (κ2) is 9.92. The van der Waals surface area contributed by atoms with E-state index in [1.54, 1.807) is 0 Å². The molecule has 1 aliphatic rings. The molecule has 1 saturated heterocycles. The van der Waals surface area contributed by atoms with Crippen LogP contribution < -0.4 is 0 Å². The molecule has 0 amide bonds. The molecule has 4 heteroatoms. The van der Waals surface area contributed by atoms with Gasteiger partial charge in [0, 0.05) is 17.0 Å². The van der Waals surface area contributed by atoms with Crippen LogP contribution in [0.5, 0.6) is 0 Å². The number of pyridine rings is 1. The molecule has 182 valence electrons. The molecule has 4 rings (SSSR count). The van der Waals surface area contributed by atoms with Gasteiger partial charge in [-0.05, 0) is 68.6 Å². The van der Waals surface area contributed by atoms with E-state index in [2.05, 4.69) is 107 Å². The Morgan fingerprint density at radius 2 is 1.79 bits per heavy atom. The van der Waals surface area contributed by atoms with Gasteiger partial charge >= 0.3 is 0 Å². The highest BCUT2D eigenvalue weighted by Crippen LogP contribution is 2.39. The summed E-state index contributed by atoms with van der Waals surface area (Å²) in [4.78, 5) is 8.00. The number of fused-ring (bicyclic) bond motifs is 1. The van der Waals surface area contributed by atoms with Crippen molar-refractivity contribution in [1.29, 1.82) is 0 Å². The minimum absolute atomic E-state index is 0.194. The molecule has 2 unspecified atom stereocenters. The van der Waals surface area contributed by atoms with Gasteiger partial charge in [-0.25, -0.2) is 4.98 Å². The fraction of sp³-hybridized carbons (Fsp3) is 0.500. The van der Waals surface area contributed by atoms with E-state index >= 15 is 0 Å². The molecule has 2 atom stereocenters. The number of benzene rings is 2. The average molecular weight is 475 g/mol. The first-order valence-electron chi connectivity index (χ1n) is 12.9. The highest BCUT2D eigenvalue weighted by molar-refractivity contribution is 6.74. The van der Waals surface area contributed by atoms with Crippen molar-refractivity contribution < 1.29 is 4.43 Å². The summed E-state index contributed by atoms with van der Waals surface area (Å²) in [7, 11) is -1.87. The van der Waals surface area contributed by atoms with Gasteiger partial charge in [-0.15, -0.1) is 0 Å². The van der Waals surface area contributed by atoms with E-state index in [0.717, 1.165) is 24.4 Å². The van der Waals surface area contributed by atoms with Gasteiger partial charge in [0.2, 0.25) is 0 Å². The number of aromatic nitrogens is 1. The first-order chi connectivity index (χ1) is 16.1. The van der Waals surface area contributed by atoms with Crippen LogP contribution in [0.15, 0.2) is 54.6 Å². The minimum atomic E-state index is -1.87. The molecule has 34 heavy (non-hydrogen) atoms. The summed E-state index contributed by atoms with van der Waals surface area (Å²) in [5.74, 6) is 0. The number of nitrogens with zero attached hydrogens (tertiary/aromatic N) is 2. The van der Waals surface area contributed by atoms with E-state index in [-0.39, 0.29) is 11.1 Å². The first kappa shape index (κ1) is 25.1. The molecule has 0 N–H and O–H groups in total. The van der Waals surface area contributed by atoms with Crippen LogP contribution in [0.2, 0.25) is 18.1 Å². The maximum Gasteiger partial charge on any atom is 0.192 e. The summed E-state index contributed by atoms with van der Waals surface area (Å²) in [5, 5.41) is 1.41. The SMILES string of the molecule is Cc1cc2cccc(C(CO[Si](C)(C)C(C)(C)C)N3CCCCC3C)c2nc1-c1ccccc1. The Kier molecular flexibility index (Phi) is 7.32. The van der Waals surface area contributed by atoms with Crippen LogP contribution in [-0.4, -0.2) is 37.4 Å². The highest BCUT2D eigenvalue weighted by atomic mass is 28.4. The Morgan fingerprint density at radius 3 is 2.47 bits per heavy atom. The quantitative estimate of drug-likeness (QED) is 0.337. The molecular weight excluding hydrogens is 432 g/mol. The molecule has 0 saturated carbocycles. The van der Waals surface area contributed by atoms with Gasteiger partial charge in [0.1, 0.15) is 0 Å². The van der Waals surface area contributed by atoms with Crippen molar-refractivity contribution in [2.45, 2.75) is 84.1 Å². The van der Waals surface area contributed by atoms with Crippen LogP contribution in [0.4, 0.5) is 0 Å². The number of likely N-dealkylation sites (tertiary alicyclic amines) is 1. The van der Waals surface area contributed by atoms with E-state index in [1.807, 2.05) is 0 Å². The molecule has 1 aromatic heterocycles. The van der Waals surface area contributed by atoms with Gasteiger partial charge in [-0.3, -0.25) is 4.90 Å². The largest absolute Gasteiger partial charge is 0.415 e. The minimum Gasteiger partial charge on any atom is -0.415 e. The molecule has 2 heterocycles. The van der Waals surface area contributed by atoms with Crippen molar-refractivity contribution >= 4 is 19.2 Å². The average Bonchev–Trinajstić information content (AvgIpc) is 2.79. The predicted molar refractivity (Wildman–Crippen MR) is 148 cm³/mol. The third-order valence-electron chi connectivity index (χ3n) is 8.14. The van der Waals surface area contributed by atoms with E-state index < -0.39 is 8.32 Å². The maximum absolute atomic E-state index is 6.87. The lowest BCUT2D eigenvalue weighted by atomic mass is 9.95. The molecule has 0 radical (unpaired) electrons. The Balaban J connectivity index is 1.81. The van der Waals surface area contributed by atoms with E-state index in [4.69, 9.17) is 9.41 Å². The molecule has 0 aliphatic carbocycles.